The first-order valence-corrected chi connectivity index (χ1v) is 5.49. The number of hydrogen-bond donors (Lipinski definition) is 1. The van der Waals surface area contributed by atoms with Gasteiger partial charge in [0.1, 0.15) is 10.7 Å². The minimum absolute atomic E-state index is 0.487. The molecule has 0 radical (unpaired) electrons. The van der Waals surface area contributed by atoms with Gasteiger partial charge in [-0.05, 0) is 28.1 Å². The Morgan fingerprint density at radius 3 is 3.00 bits per heavy atom. The summed E-state index contributed by atoms with van der Waals surface area (Å²) in [7, 11) is 0. The lowest BCUT2D eigenvalue weighted by Crippen LogP contribution is -1.81. The van der Waals surface area contributed by atoms with E-state index in [9.17, 15) is 0 Å². The van der Waals surface area contributed by atoms with Crippen molar-refractivity contribution in [3.05, 3.63) is 34.3 Å². The van der Waals surface area contributed by atoms with E-state index in [1.807, 2.05) is 12.1 Å². The molecule has 0 aliphatic carbocycles. The third kappa shape index (κ3) is 1.33. The average molecular weight is 283 g/mol. The molecule has 0 aliphatic rings. The summed E-state index contributed by atoms with van der Waals surface area (Å²) >= 11 is 9.34. The number of imidazole rings is 1. The summed E-state index contributed by atoms with van der Waals surface area (Å²) in [4.78, 5) is 11.4. The molecule has 0 atom stereocenters. The van der Waals surface area contributed by atoms with E-state index < -0.39 is 0 Å². The quantitative estimate of drug-likeness (QED) is 0.641. The van der Waals surface area contributed by atoms with Crippen LogP contribution in [0, 0.1) is 0 Å². The Kier molecular flexibility index (Phi) is 1.94. The Morgan fingerprint density at radius 2 is 2.13 bits per heavy atom. The Bertz CT molecular complexity index is 662. The predicted molar refractivity (Wildman–Crippen MR) is 64.1 cm³/mol. The molecule has 74 valence electrons. The molecule has 3 aromatic rings. The lowest BCUT2D eigenvalue weighted by atomic mass is 10.1. The van der Waals surface area contributed by atoms with Gasteiger partial charge in [0.05, 0.1) is 11.8 Å². The van der Waals surface area contributed by atoms with Crippen LogP contribution in [-0.2, 0) is 0 Å². The Balaban J connectivity index is 2.61. The second kappa shape index (κ2) is 3.18. The van der Waals surface area contributed by atoms with E-state index in [0.29, 0.717) is 5.15 Å². The van der Waals surface area contributed by atoms with Crippen molar-refractivity contribution < 1.29 is 0 Å². The second-order valence-corrected chi connectivity index (χ2v) is 4.45. The maximum Gasteiger partial charge on any atom is 0.129 e. The van der Waals surface area contributed by atoms with E-state index in [2.05, 4.69) is 30.9 Å². The monoisotopic (exact) mass is 281 g/mol. The molecule has 3 nitrogen and oxygen atoms in total. The summed E-state index contributed by atoms with van der Waals surface area (Å²) in [5.74, 6) is 0. The highest BCUT2D eigenvalue weighted by Gasteiger charge is 2.07. The van der Waals surface area contributed by atoms with Crippen LogP contribution in [0.1, 0.15) is 0 Å². The van der Waals surface area contributed by atoms with E-state index >= 15 is 0 Å². The van der Waals surface area contributed by atoms with Crippen LogP contribution in [0.25, 0.3) is 21.8 Å². The highest BCUT2D eigenvalue weighted by atomic mass is 79.9. The van der Waals surface area contributed by atoms with Crippen molar-refractivity contribution in [1.29, 1.82) is 0 Å². The fourth-order valence-electron chi connectivity index (χ4n) is 1.66. The van der Waals surface area contributed by atoms with Crippen LogP contribution in [0.3, 0.4) is 0 Å². The average Bonchev–Trinajstić information content (AvgIpc) is 2.69. The van der Waals surface area contributed by atoms with Crippen molar-refractivity contribution in [3.63, 3.8) is 0 Å². The van der Waals surface area contributed by atoms with Crippen molar-refractivity contribution in [2.24, 2.45) is 0 Å². The fourth-order valence-corrected chi connectivity index (χ4v) is 2.36. The smallest absolute Gasteiger partial charge is 0.129 e. The van der Waals surface area contributed by atoms with Gasteiger partial charge in [0.15, 0.2) is 0 Å². The van der Waals surface area contributed by atoms with E-state index in [0.717, 1.165) is 26.3 Å². The highest BCUT2D eigenvalue weighted by molar-refractivity contribution is 9.10. The lowest BCUT2D eigenvalue weighted by Gasteiger charge is -2.01. The molecule has 0 spiro atoms. The van der Waals surface area contributed by atoms with Gasteiger partial charge in [-0.15, -0.1) is 0 Å². The predicted octanol–water partition coefficient (Wildman–Crippen LogP) is 3.53. The third-order valence-corrected chi connectivity index (χ3v) is 3.13. The summed E-state index contributed by atoms with van der Waals surface area (Å²) in [6.45, 7) is 0. The Hall–Kier alpha value is -1.13. The molecular formula is C10H5BrClN3. The van der Waals surface area contributed by atoms with Crippen LogP contribution in [0.2, 0.25) is 5.15 Å². The van der Waals surface area contributed by atoms with Crippen LogP contribution >= 0.6 is 27.5 Å². The second-order valence-electron chi connectivity index (χ2n) is 3.21. The number of nitrogens with one attached hydrogen (secondary N) is 1. The molecule has 5 heteroatoms. The number of rotatable bonds is 0. The van der Waals surface area contributed by atoms with Crippen molar-refractivity contribution in [1.82, 2.24) is 15.0 Å². The van der Waals surface area contributed by atoms with Crippen LogP contribution in [0.5, 0.6) is 0 Å². The van der Waals surface area contributed by atoms with Gasteiger partial charge in [-0.2, -0.15) is 0 Å². The number of nitrogens with zero attached hydrogens (tertiary/aromatic N) is 2. The van der Waals surface area contributed by atoms with Gasteiger partial charge in [0.2, 0.25) is 0 Å². The number of halogens is 2. The fraction of sp³-hybridized carbons (Fsp3) is 0. The number of aromatic amines is 1. The lowest BCUT2D eigenvalue weighted by molar-refractivity contribution is 1.34. The molecule has 2 heterocycles. The number of pyridine rings is 1. The first-order chi connectivity index (χ1) is 7.25. The molecule has 15 heavy (non-hydrogen) atoms. The van der Waals surface area contributed by atoms with E-state index in [1.165, 1.54) is 0 Å². The topological polar surface area (TPSA) is 41.6 Å². The minimum atomic E-state index is 0.487. The maximum atomic E-state index is 5.87. The number of hydrogen-bond acceptors (Lipinski definition) is 2. The zero-order valence-electron chi connectivity index (χ0n) is 7.46. The molecule has 0 bridgehead atoms. The molecule has 0 saturated carbocycles. The molecule has 0 fully saturated rings. The standard InChI is InChI=1S/C10H5BrClN3/c11-7-1-5-3-13-8(12)2-6(5)9-10(7)15-4-14-9/h1-4H,(H,14,15). The zero-order chi connectivity index (χ0) is 10.4. The zero-order valence-corrected chi connectivity index (χ0v) is 9.80. The first kappa shape index (κ1) is 9.12. The van der Waals surface area contributed by atoms with E-state index in [-0.39, 0.29) is 0 Å². The summed E-state index contributed by atoms with van der Waals surface area (Å²) in [6.07, 6.45) is 3.42. The molecule has 0 unspecified atom stereocenters. The number of fused-ring (bicyclic) bond motifs is 3. The summed E-state index contributed by atoms with van der Waals surface area (Å²) in [5.41, 5.74) is 1.88. The largest absolute Gasteiger partial charge is 0.344 e. The van der Waals surface area contributed by atoms with Gasteiger partial charge in [-0.3, -0.25) is 0 Å². The van der Waals surface area contributed by atoms with Gasteiger partial charge >= 0.3 is 0 Å². The Labute approximate surface area is 98.6 Å². The molecule has 0 amide bonds. The molecule has 1 aromatic carbocycles. The maximum absolute atomic E-state index is 5.87. The SMILES string of the molecule is Clc1cc2c(cn1)cc(Br)c1nc[nH]c12. The molecule has 0 aliphatic heterocycles. The van der Waals surface area contributed by atoms with Crippen molar-refractivity contribution in [2.75, 3.05) is 0 Å². The van der Waals surface area contributed by atoms with Crippen molar-refractivity contribution in [3.8, 4) is 0 Å². The van der Waals surface area contributed by atoms with Crippen LogP contribution in [-0.4, -0.2) is 15.0 Å². The Morgan fingerprint density at radius 1 is 1.27 bits per heavy atom. The molecule has 3 rings (SSSR count). The highest BCUT2D eigenvalue weighted by Crippen LogP contribution is 2.30. The molecule has 2 aromatic heterocycles. The first-order valence-electron chi connectivity index (χ1n) is 4.32. The van der Waals surface area contributed by atoms with E-state index in [1.54, 1.807) is 12.5 Å². The summed E-state index contributed by atoms with van der Waals surface area (Å²) < 4.78 is 0.954. The van der Waals surface area contributed by atoms with Gasteiger partial charge < -0.3 is 4.98 Å². The molecule has 1 N–H and O–H groups in total. The normalized spacial score (nSPS) is 11.3. The van der Waals surface area contributed by atoms with Crippen LogP contribution in [0.4, 0.5) is 0 Å². The van der Waals surface area contributed by atoms with E-state index in [4.69, 9.17) is 11.6 Å². The van der Waals surface area contributed by atoms with Gasteiger partial charge in [0, 0.05) is 21.4 Å². The van der Waals surface area contributed by atoms with Crippen LogP contribution in [0.15, 0.2) is 29.1 Å². The van der Waals surface area contributed by atoms with Crippen molar-refractivity contribution in [2.45, 2.75) is 0 Å². The third-order valence-electron chi connectivity index (χ3n) is 2.32. The number of aromatic nitrogens is 3. The minimum Gasteiger partial charge on any atom is -0.344 e. The summed E-state index contributed by atoms with van der Waals surface area (Å²) in [5, 5.41) is 2.55. The van der Waals surface area contributed by atoms with Gasteiger partial charge in [0.25, 0.3) is 0 Å². The number of H-pyrrole nitrogens is 1. The molecular weight excluding hydrogens is 277 g/mol. The molecule has 0 saturated heterocycles. The van der Waals surface area contributed by atoms with Gasteiger partial charge in [-0.25, -0.2) is 9.97 Å². The van der Waals surface area contributed by atoms with Crippen molar-refractivity contribution >= 4 is 49.3 Å². The summed E-state index contributed by atoms with van der Waals surface area (Å²) in [6, 6.07) is 3.83. The van der Waals surface area contributed by atoms with Crippen LogP contribution < -0.4 is 0 Å². The van der Waals surface area contributed by atoms with Gasteiger partial charge in [-0.1, -0.05) is 11.6 Å². The number of benzene rings is 1.